The van der Waals surface area contributed by atoms with Crippen LogP contribution in [-0.4, -0.2) is 48.2 Å². The van der Waals surface area contributed by atoms with Crippen molar-refractivity contribution in [3.63, 3.8) is 0 Å². The summed E-state index contributed by atoms with van der Waals surface area (Å²) in [4.78, 5) is 18.4. The molecule has 2 heterocycles. The number of rotatable bonds is 6. The normalized spacial score (nSPS) is 21.6. The first-order valence-electron chi connectivity index (χ1n) is 7.76. The quantitative estimate of drug-likeness (QED) is 0.805. The Labute approximate surface area is 125 Å². The Morgan fingerprint density at radius 1 is 1.38 bits per heavy atom. The second kappa shape index (κ2) is 6.43. The van der Waals surface area contributed by atoms with Gasteiger partial charge in [-0.3, -0.25) is 4.79 Å². The third kappa shape index (κ3) is 3.73. The smallest absolute Gasteiger partial charge is 0.255 e. The Morgan fingerprint density at radius 3 is 2.90 bits per heavy atom. The van der Waals surface area contributed by atoms with Gasteiger partial charge in [0.2, 0.25) is 5.88 Å². The maximum atomic E-state index is 12.4. The predicted octanol–water partition coefficient (Wildman–Crippen LogP) is 2.12. The summed E-state index contributed by atoms with van der Waals surface area (Å²) < 4.78 is 11.2. The highest BCUT2D eigenvalue weighted by Crippen LogP contribution is 2.30. The lowest BCUT2D eigenvalue weighted by atomic mass is 10.2. The van der Waals surface area contributed by atoms with Crippen LogP contribution in [0.4, 0.5) is 0 Å². The summed E-state index contributed by atoms with van der Waals surface area (Å²) in [5.41, 5.74) is 0.612. The van der Waals surface area contributed by atoms with E-state index in [2.05, 4.69) is 4.98 Å². The zero-order valence-corrected chi connectivity index (χ0v) is 12.5. The van der Waals surface area contributed by atoms with Gasteiger partial charge in [0.05, 0.1) is 18.3 Å². The van der Waals surface area contributed by atoms with Crippen molar-refractivity contribution in [3.8, 4) is 5.88 Å². The standard InChI is InChI=1S/C16H22N2O3/c1-2-20-15-6-5-13(9-17-15)16(19)18-8-7-14(10-18)21-11-12-3-4-12/h5-6,9,12,14H,2-4,7-8,10-11H2,1H3. The fourth-order valence-corrected chi connectivity index (χ4v) is 2.53. The monoisotopic (exact) mass is 290 g/mol. The van der Waals surface area contributed by atoms with Crippen LogP contribution in [0.25, 0.3) is 0 Å². The summed E-state index contributed by atoms with van der Waals surface area (Å²) >= 11 is 0. The molecule has 1 aromatic heterocycles. The SMILES string of the molecule is CCOc1ccc(C(=O)N2CCC(OCC3CC3)C2)cn1. The van der Waals surface area contributed by atoms with Gasteiger partial charge in [0, 0.05) is 32.0 Å². The van der Waals surface area contributed by atoms with Gasteiger partial charge in [0.1, 0.15) is 0 Å². The molecular weight excluding hydrogens is 268 g/mol. The summed E-state index contributed by atoms with van der Waals surface area (Å²) in [5.74, 6) is 1.36. The number of likely N-dealkylation sites (tertiary alicyclic amines) is 1. The van der Waals surface area contributed by atoms with Crippen LogP contribution in [0.15, 0.2) is 18.3 Å². The van der Waals surface area contributed by atoms with Crippen LogP contribution < -0.4 is 4.74 Å². The van der Waals surface area contributed by atoms with Crippen molar-refractivity contribution in [2.45, 2.75) is 32.3 Å². The highest BCUT2D eigenvalue weighted by atomic mass is 16.5. The molecule has 5 heteroatoms. The van der Waals surface area contributed by atoms with Gasteiger partial charge in [0.15, 0.2) is 0 Å². The molecule has 21 heavy (non-hydrogen) atoms. The van der Waals surface area contributed by atoms with Gasteiger partial charge in [-0.25, -0.2) is 4.98 Å². The van der Waals surface area contributed by atoms with Crippen molar-refractivity contribution < 1.29 is 14.3 Å². The Kier molecular flexibility index (Phi) is 4.39. The minimum absolute atomic E-state index is 0.0306. The molecule has 1 saturated heterocycles. The maximum absolute atomic E-state index is 12.4. The third-order valence-electron chi connectivity index (χ3n) is 3.97. The lowest BCUT2D eigenvalue weighted by molar-refractivity contribution is 0.0480. The van der Waals surface area contributed by atoms with E-state index >= 15 is 0 Å². The van der Waals surface area contributed by atoms with Crippen molar-refractivity contribution >= 4 is 5.91 Å². The fourth-order valence-electron chi connectivity index (χ4n) is 2.53. The van der Waals surface area contributed by atoms with E-state index < -0.39 is 0 Å². The average Bonchev–Trinajstić information content (AvgIpc) is 3.22. The van der Waals surface area contributed by atoms with Crippen LogP contribution in [0.1, 0.15) is 36.5 Å². The van der Waals surface area contributed by atoms with Crippen molar-refractivity contribution in [2.24, 2.45) is 5.92 Å². The number of carbonyl (C=O) groups excluding carboxylic acids is 1. The van der Waals surface area contributed by atoms with Crippen LogP contribution in [0, 0.1) is 5.92 Å². The molecule has 1 unspecified atom stereocenters. The van der Waals surface area contributed by atoms with Gasteiger partial charge in [-0.05, 0) is 38.2 Å². The van der Waals surface area contributed by atoms with E-state index in [1.54, 1.807) is 18.3 Å². The zero-order valence-electron chi connectivity index (χ0n) is 12.5. The predicted molar refractivity (Wildman–Crippen MR) is 78.4 cm³/mol. The third-order valence-corrected chi connectivity index (χ3v) is 3.97. The Hall–Kier alpha value is -1.62. The van der Waals surface area contributed by atoms with Gasteiger partial charge in [0.25, 0.3) is 5.91 Å². The van der Waals surface area contributed by atoms with Crippen LogP contribution in [0.5, 0.6) is 5.88 Å². The minimum Gasteiger partial charge on any atom is -0.478 e. The molecule has 3 rings (SSSR count). The summed E-state index contributed by atoms with van der Waals surface area (Å²) in [6, 6.07) is 3.52. The fraction of sp³-hybridized carbons (Fsp3) is 0.625. The van der Waals surface area contributed by atoms with Crippen LogP contribution in [0.2, 0.25) is 0 Å². The number of amides is 1. The number of pyridine rings is 1. The first-order valence-corrected chi connectivity index (χ1v) is 7.76. The molecular formula is C16H22N2O3. The summed E-state index contributed by atoms with van der Waals surface area (Å²) in [6.45, 7) is 4.80. The first-order chi connectivity index (χ1) is 10.3. The number of hydrogen-bond donors (Lipinski definition) is 0. The lowest BCUT2D eigenvalue weighted by Gasteiger charge is -2.16. The summed E-state index contributed by atoms with van der Waals surface area (Å²) in [7, 11) is 0. The van der Waals surface area contributed by atoms with Crippen molar-refractivity contribution in [2.75, 3.05) is 26.3 Å². The molecule has 0 bridgehead atoms. The molecule has 1 saturated carbocycles. The Morgan fingerprint density at radius 2 is 2.24 bits per heavy atom. The van der Waals surface area contributed by atoms with Crippen LogP contribution in [0.3, 0.4) is 0 Å². The van der Waals surface area contributed by atoms with Gasteiger partial charge in [-0.15, -0.1) is 0 Å². The van der Waals surface area contributed by atoms with E-state index in [0.717, 1.165) is 25.5 Å². The lowest BCUT2D eigenvalue weighted by Crippen LogP contribution is -2.30. The molecule has 1 aliphatic carbocycles. The Balaban J connectivity index is 1.52. The van der Waals surface area contributed by atoms with Crippen molar-refractivity contribution in [1.82, 2.24) is 9.88 Å². The summed E-state index contributed by atoms with van der Waals surface area (Å²) in [6.07, 6.45) is 5.32. The molecule has 1 amide bonds. The number of aromatic nitrogens is 1. The molecule has 0 N–H and O–H groups in total. The maximum Gasteiger partial charge on any atom is 0.255 e. The van der Waals surface area contributed by atoms with E-state index in [0.29, 0.717) is 24.6 Å². The first kappa shape index (κ1) is 14.3. The molecule has 0 aromatic carbocycles. The molecule has 1 aromatic rings. The molecule has 5 nitrogen and oxygen atoms in total. The van der Waals surface area contributed by atoms with E-state index in [9.17, 15) is 4.79 Å². The largest absolute Gasteiger partial charge is 0.478 e. The van der Waals surface area contributed by atoms with Crippen molar-refractivity contribution in [1.29, 1.82) is 0 Å². The van der Waals surface area contributed by atoms with Crippen LogP contribution >= 0.6 is 0 Å². The highest BCUT2D eigenvalue weighted by Gasteiger charge is 2.30. The zero-order chi connectivity index (χ0) is 14.7. The van der Waals surface area contributed by atoms with Gasteiger partial charge in [-0.2, -0.15) is 0 Å². The number of carbonyl (C=O) groups is 1. The van der Waals surface area contributed by atoms with Crippen molar-refractivity contribution in [3.05, 3.63) is 23.9 Å². The summed E-state index contributed by atoms with van der Waals surface area (Å²) in [5, 5.41) is 0. The molecule has 2 fully saturated rings. The second-order valence-corrected chi connectivity index (χ2v) is 5.76. The molecule has 1 atom stereocenters. The van der Waals surface area contributed by atoms with Crippen LogP contribution in [-0.2, 0) is 4.74 Å². The van der Waals surface area contributed by atoms with E-state index in [1.165, 1.54) is 12.8 Å². The Bertz CT molecular complexity index is 485. The minimum atomic E-state index is 0.0306. The molecule has 0 radical (unpaired) electrons. The number of hydrogen-bond acceptors (Lipinski definition) is 4. The van der Waals surface area contributed by atoms with E-state index in [1.807, 2.05) is 11.8 Å². The second-order valence-electron chi connectivity index (χ2n) is 5.76. The highest BCUT2D eigenvalue weighted by molar-refractivity contribution is 5.94. The number of nitrogens with zero attached hydrogens (tertiary/aromatic N) is 2. The topological polar surface area (TPSA) is 51.7 Å². The van der Waals surface area contributed by atoms with E-state index in [-0.39, 0.29) is 12.0 Å². The molecule has 114 valence electrons. The van der Waals surface area contributed by atoms with Gasteiger partial charge < -0.3 is 14.4 Å². The average molecular weight is 290 g/mol. The number of ether oxygens (including phenoxy) is 2. The molecule has 0 spiro atoms. The molecule has 1 aliphatic heterocycles. The van der Waals surface area contributed by atoms with Gasteiger partial charge in [-0.1, -0.05) is 0 Å². The van der Waals surface area contributed by atoms with E-state index in [4.69, 9.17) is 9.47 Å². The molecule has 2 aliphatic rings. The van der Waals surface area contributed by atoms with Gasteiger partial charge >= 0.3 is 0 Å².